The fourth-order valence-electron chi connectivity index (χ4n) is 1.94. The van der Waals surface area contributed by atoms with Gasteiger partial charge in [0.15, 0.2) is 5.16 Å². The summed E-state index contributed by atoms with van der Waals surface area (Å²) in [4.78, 5) is 0. The Morgan fingerprint density at radius 2 is 2.19 bits per heavy atom. The summed E-state index contributed by atoms with van der Waals surface area (Å²) in [5, 5.41) is 17.6. The summed E-state index contributed by atoms with van der Waals surface area (Å²) < 4.78 is 15.8. The van der Waals surface area contributed by atoms with Gasteiger partial charge in [-0.15, -0.1) is 10.2 Å². The third-order valence-electron chi connectivity index (χ3n) is 2.97. The van der Waals surface area contributed by atoms with Gasteiger partial charge in [0.2, 0.25) is 0 Å². The number of hydrogen-bond acceptors (Lipinski definition) is 5. The Bertz CT molecular complexity index is 674. The van der Waals surface area contributed by atoms with Gasteiger partial charge in [-0.2, -0.15) is 5.26 Å². The van der Waals surface area contributed by atoms with E-state index < -0.39 is 0 Å². The highest BCUT2D eigenvalue weighted by molar-refractivity contribution is 7.98. The van der Waals surface area contributed by atoms with Crippen LogP contribution in [0.1, 0.15) is 36.8 Å². The van der Waals surface area contributed by atoms with Crippen LogP contribution in [0.15, 0.2) is 23.4 Å². The van der Waals surface area contributed by atoms with Gasteiger partial charge in [0, 0.05) is 11.8 Å². The van der Waals surface area contributed by atoms with Crippen molar-refractivity contribution in [1.82, 2.24) is 14.8 Å². The fraction of sp³-hybridized carbons (Fsp3) is 0.357. The Morgan fingerprint density at radius 1 is 1.43 bits per heavy atom. The standard InChI is InChI=1S/C14H16FN5S/c1-9(2)20-13(7-17)18-19-14(20)21-8-11-4-3-10(6-16)5-12(11)15/h3-5,9H,7-8,17H2,1-2H3. The molecule has 0 bridgehead atoms. The van der Waals surface area contributed by atoms with Gasteiger partial charge < -0.3 is 10.3 Å². The average Bonchev–Trinajstić information content (AvgIpc) is 2.89. The van der Waals surface area contributed by atoms with Gasteiger partial charge in [0.05, 0.1) is 18.2 Å². The fourth-order valence-corrected chi connectivity index (χ4v) is 3.01. The second-order valence-corrected chi connectivity index (χ2v) is 5.72. The lowest BCUT2D eigenvalue weighted by Gasteiger charge is -2.12. The molecule has 1 aromatic carbocycles. The van der Waals surface area contributed by atoms with E-state index in [1.165, 1.54) is 17.8 Å². The van der Waals surface area contributed by atoms with E-state index in [0.29, 0.717) is 34.4 Å². The van der Waals surface area contributed by atoms with Gasteiger partial charge >= 0.3 is 0 Å². The molecule has 2 rings (SSSR count). The highest BCUT2D eigenvalue weighted by atomic mass is 32.2. The number of nitrogens with zero attached hydrogens (tertiary/aromatic N) is 4. The van der Waals surface area contributed by atoms with Crippen molar-refractivity contribution >= 4 is 11.8 Å². The first kappa shape index (κ1) is 15.5. The van der Waals surface area contributed by atoms with Crippen LogP contribution in [-0.2, 0) is 12.3 Å². The summed E-state index contributed by atoms with van der Waals surface area (Å²) in [6, 6.07) is 6.58. The first-order chi connectivity index (χ1) is 10.1. The van der Waals surface area contributed by atoms with Crippen LogP contribution < -0.4 is 5.73 Å². The number of benzene rings is 1. The van der Waals surface area contributed by atoms with E-state index in [2.05, 4.69) is 10.2 Å². The summed E-state index contributed by atoms with van der Waals surface area (Å²) >= 11 is 1.40. The zero-order chi connectivity index (χ0) is 15.4. The van der Waals surface area contributed by atoms with Gasteiger partial charge in [-0.25, -0.2) is 4.39 Å². The van der Waals surface area contributed by atoms with Crippen molar-refractivity contribution < 1.29 is 4.39 Å². The number of rotatable bonds is 5. The summed E-state index contributed by atoms with van der Waals surface area (Å²) in [7, 11) is 0. The van der Waals surface area contributed by atoms with Gasteiger partial charge in [-0.05, 0) is 31.5 Å². The first-order valence-electron chi connectivity index (χ1n) is 6.52. The van der Waals surface area contributed by atoms with Gasteiger partial charge in [0.25, 0.3) is 0 Å². The molecule has 0 atom stereocenters. The highest BCUT2D eigenvalue weighted by Gasteiger charge is 2.15. The Balaban J connectivity index is 2.17. The van der Waals surface area contributed by atoms with Gasteiger partial charge in [-0.1, -0.05) is 17.8 Å². The van der Waals surface area contributed by atoms with Crippen LogP contribution in [0, 0.1) is 17.1 Å². The maximum atomic E-state index is 13.8. The SMILES string of the molecule is CC(C)n1c(CN)nnc1SCc1ccc(C#N)cc1F. The summed E-state index contributed by atoms with van der Waals surface area (Å²) in [6.45, 7) is 4.36. The lowest BCUT2D eigenvalue weighted by molar-refractivity contribution is 0.526. The van der Waals surface area contributed by atoms with Gasteiger partial charge in [0.1, 0.15) is 11.6 Å². The van der Waals surface area contributed by atoms with Crippen molar-refractivity contribution in [1.29, 1.82) is 5.26 Å². The van der Waals surface area contributed by atoms with Crippen molar-refractivity contribution in [2.24, 2.45) is 5.73 Å². The molecule has 0 aliphatic rings. The number of aromatic nitrogens is 3. The number of nitriles is 1. The molecule has 0 fully saturated rings. The van der Waals surface area contributed by atoms with Crippen LogP contribution in [0.2, 0.25) is 0 Å². The molecule has 110 valence electrons. The molecule has 21 heavy (non-hydrogen) atoms. The monoisotopic (exact) mass is 305 g/mol. The summed E-state index contributed by atoms with van der Waals surface area (Å²) in [6.07, 6.45) is 0. The lowest BCUT2D eigenvalue weighted by Crippen LogP contribution is -2.11. The molecule has 0 spiro atoms. The number of hydrogen-bond donors (Lipinski definition) is 1. The van der Waals surface area contributed by atoms with E-state index in [1.54, 1.807) is 12.1 Å². The van der Waals surface area contributed by atoms with Crippen LogP contribution in [0.3, 0.4) is 0 Å². The van der Waals surface area contributed by atoms with Gasteiger partial charge in [-0.3, -0.25) is 0 Å². The minimum absolute atomic E-state index is 0.187. The molecule has 0 radical (unpaired) electrons. The molecular formula is C14H16FN5S. The third-order valence-corrected chi connectivity index (χ3v) is 3.96. The Hall–Kier alpha value is -1.91. The number of halogens is 1. The smallest absolute Gasteiger partial charge is 0.191 e. The third kappa shape index (κ3) is 3.40. The molecule has 7 heteroatoms. The molecule has 1 aromatic heterocycles. The topological polar surface area (TPSA) is 80.5 Å². The largest absolute Gasteiger partial charge is 0.324 e. The molecule has 0 aliphatic carbocycles. The Kier molecular flexibility index (Phi) is 4.94. The summed E-state index contributed by atoms with van der Waals surface area (Å²) in [5.74, 6) is 0.761. The van der Waals surface area contributed by atoms with Crippen molar-refractivity contribution in [2.75, 3.05) is 0 Å². The van der Waals surface area contributed by atoms with Crippen LogP contribution in [0.4, 0.5) is 4.39 Å². The van der Waals surface area contributed by atoms with Crippen molar-refractivity contribution in [3.05, 3.63) is 41.0 Å². The molecule has 2 N–H and O–H groups in total. The van der Waals surface area contributed by atoms with Crippen molar-refractivity contribution in [3.8, 4) is 6.07 Å². The lowest BCUT2D eigenvalue weighted by atomic mass is 10.1. The van der Waals surface area contributed by atoms with E-state index in [-0.39, 0.29) is 11.9 Å². The Labute approximate surface area is 127 Å². The maximum Gasteiger partial charge on any atom is 0.191 e. The molecule has 0 saturated heterocycles. The molecular weight excluding hydrogens is 289 g/mol. The zero-order valence-electron chi connectivity index (χ0n) is 11.9. The number of thioether (sulfide) groups is 1. The minimum atomic E-state index is -0.379. The normalized spacial score (nSPS) is 10.9. The molecule has 5 nitrogen and oxygen atoms in total. The van der Waals surface area contributed by atoms with E-state index >= 15 is 0 Å². The summed E-state index contributed by atoms with van der Waals surface area (Å²) in [5.41, 5.74) is 6.49. The second-order valence-electron chi connectivity index (χ2n) is 4.77. The Morgan fingerprint density at radius 3 is 2.76 bits per heavy atom. The predicted molar refractivity (Wildman–Crippen MR) is 79.0 cm³/mol. The quantitative estimate of drug-likeness (QED) is 0.859. The van der Waals surface area contributed by atoms with Crippen LogP contribution >= 0.6 is 11.8 Å². The molecule has 2 aromatic rings. The van der Waals surface area contributed by atoms with E-state index in [1.807, 2.05) is 24.5 Å². The van der Waals surface area contributed by atoms with Crippen LogP contribution in [0.5, 0.6) is 0 Å². The maximum absolute atomic E-state index is 13.8. The first-order valence-corrected chi connectivity index (χ1v) is 7.50. The second kappa shape index (κ2) is 6.70. The molecule has 1 heterocycles. The molecule has 0 aliphatic heterocycles. The minimum Gasteiger partial charge on any atom is -0.324 e. The van der Waals surface area contributed by atoms with Crippen molar-refractivity contribution in [3.63, 3.8) is 0 Å². The van der Waals surface area contributed by atoms with E-state index in [4.69, 9.17) is 11.0 Å². The molecule has 0 unspecified atom stereocenters. The van der Waals surface area contributed by atoms with E-state index in [0.717, 1.165) is 0 Å². The highest BCUT2D eigenvalue weighted by Crippen LogP contribution is 2.26. The van der Waals surface area contributed by atoms with E-state index in [9.17, 15) is 4.39 Å². The molecule has 0 saturated carbocycles. The average molecular weight is 305 g/mol. The van der Waals surface area contributed by atoms with Crippen molar-refractivity contribution in [2.45, 2.75) is 37.3 Å². The van der Waals surface area contributed by atoms with Crippen LogP contribution in [-0.4, -0.2) is 14.8 Å². The predicted octanol–water partition coefficient (Wildman–Crippen LogP) is 2.62. The van der Waals surface area contributed by atoms with Crippen LogP contribution in [0.25, 0.3) is 0 Å². The molecule has 0 amide bonds. The number of nitrogens with two attached hydrogens (primary N) is 1. The zero-order valence-corrected chi connectivity index (χ0v) is 12.7.